The lowest BCUT2D eigenvalue weighted by Crippen LogP contribution is -2.14. The predicted molar refractivity (Wildman–Crippen MR) is 120 cm³/mol. The number of para-hydroxylation sites is 1. The third kappa shape index (κ3) is 4.16. The molecular formula is C24H19FN4O4. The summed E-state index contributed by atoms with van der Waals surface area (Å²) in [5.41, 5.74) is 1.90. The van der Waals surface area contributed by atoms with Crippen molar-refractivity contribution in [2.75, 3.05) is 0 Å². The average Bonchev–Trinajstić information content (AvgIpc) is 3.08. The second-order valence-electron chi connectivity index (χ2n) is 7.42. The number of carbonyl (C=O) groups is 1. The summed E-state index contributed by atoms with van der Waals surface area (Å²) in [6.45, 7) is 3.25. The molecule has 33 heavy (non-hydrogen) atoms. The lowest BCUT2D eigenvalue weighted by atomic mass is 10.0. The number of nitrogens with zero attached hydrogens (tertiary/aromatic N) is 3. The molecule has 0 aliphatic carbocycles. The molecule has 0 radical (unpaired) electrons. The van der Waals surface area contributed by atoms with E-state index < -0.39 is 11.5 Å². The van der Waals surface area contributed by atoms with E-state index in [2.05, 4.69) is 15.3 Å². The van der Waals surface area contributed by atoms with Crippen molar-refractivity contribution in [1.82, 2.24) is 9.78 Å². The summed E-state index contributed by atoms with van der Waals surface area (Å²) in [4.78, 5) is 24.1. The van der Waals surface area contributed by atoms with Crippen molar-refractivity contribution < 1.29 is 19.4 Å². The number of hydrogen-bond acceptors (Lipinski definition) is 5. The van der Waals surface area contributed by atoms with Crippen LogP contribution in [0.5, 0.6) is 5.75 Å². The first-order valence-electron chi connectivity index (χ1n) is 9.92. The van der Waals surface area contributed by atoms with Crippen LogP contribution in [0.1, 0.15) is 21.6 Å². The Labute approximate surface area is 187 Å². The van der Waals surface area contributed by atoms with Gasteiger partial charge in [0.2, 0.25) is 0 Å². The highest BCUT2D eigenvalue weighted by atomic mass is 19.1. The Bertz CT molecular complexity index is 1470. The number of carboxylic acid groups (broad SMARTS) is 1. The smallest absolute Gasteiger partial charge is 0.335 e. The van der Waals surface area contributed by atoms with E-state index in [-0.39, 0.29) is 28.5 Å². The molecule has 1 heterocycles. The topological polar surface area (TPSA) is 120 Å². The zero-order valence-corrected chi connectivity index (χ0v) is 17.7. The van der Waals surface area contributed by atoms with Crippen molar-refractivity contribution in [2.24, 2.45) is 10.2 Å². The van der Waals surface area contributed by atoms with Crippen LogP contribution in [0, 0.1) is 19.7 Å². The molecule has 166 valence electrons. The standard InChI is InChI=1S/C24H19FN4O4/c1-13-11-17(9-10-19(13)25)29-23(31)21(14(2)28-29)27-26-20-8-4-7-18(22(20)30)15-5-3-6-16(12-15)24(32)33/h3-12,28,30H,1-2H3,(H,32,33). The van der Waals surface area contributed by atoms with Crippen LogP contribution in [0.2, 0.25) is 0 Å². The lowest BCUT2D eigenvalue weighted by molar-refractivity contribution is 0.0697. The van der Waals surface area contributed by atoms with Crippen molar-refractivity contribution >= 4 is 17.3 Å². The van der Waals surface area contributed by atoms with E-state index in [1.807, 2.05) is 0 Å². The van der Waals surface area contributed by atoms with E-state index in [4.69, 9.17) is 0 Å². The molecule has 0 amide bonds. The molecule has 9 heteroatoms. The number of nitrogens with one attached hydrogen (secondary N) is 1. The summed E-state index contributed by atoms with van der Waals surface area (Å²) in [6, 6.07) is 15.2. The number of aromatic amines is 1. The van der Waals surface area contributed by atoms with Gasteiger partial charge < -0.3 is 10.2 Å². The largest absolute Gasteiger partial charge is 0.505 e. The minimum absolute atomic E-state index is 0.0367. The van der Waals surface area contributed by atoms with E-state index in [0.717, 1.165) is 0 Å². The van der Waals surface area contributed by atoms with Crippen LogP contribution in [-0.2, 0) is 0 Å². The zero-order chi connectivity index (χ0) is 23.7. The third-order valence-electron chi connectivity index (χ3n) is 5.13. The molecule has 1 aromatic heterocycles. The Morgan fingerprint density at radius 3 is 2.52 bits per heavy atom. The van der Waals surface area contributed by atoms with Gasteiger partial charge in [-0.05, 0) is 61.4 Å². The minimum atomic E-state index is -1.08. The molecule has 0 saturated heterocycles. The Hall–Kier alpha value is -4.53. The van der Waals surface area contributed by atoms with Crippen molar-refractivity contribution in [3.8, 4) is 22.6 Å². The second-order valence-corrected chi connectivity index (χ2v) is 7.42. The third-order valence-corrected chi connectivity index (χ3v) is 5.13. The van der Waals surface area contributed by atoms with Gasteiger partial charge in [0.1, 0.15) is 11.5 Å². The molecule has 4 aromatic rings. The van der Waals surface area contributed by atoms with E-state index in [1.165, 1.54) is 41.1 Å². The Kier molecular flexibility index (Phi) is 5.61. The Morgan fingerprint density at radius 2 is 1.79 bits per heavy atom. The number of rotatable bonds is 5. The number of hydrogen-bond donors (Lipinski definition) is 3. The molecule has 0 spiro atoms. The van der Waals surface area contributed by atoms with Gasteiger partial charge in [0.25, 0.3) is 5.56 Å². The van der Waals surface area contributed by atoms with Gasteiger partial charge in [0, 0.05) is 5.56 Å². The summed E-state index contributed by atoms with van der Waals surface area (Å²) in [5, 5.41) is 30.9. The molecule has 0 atom stereocenters. The number of aromatic hydroxyl groups is 1. The Morgan fingerprint density at radius 1 is 1.03 bits per heavy atom. The average molecular weight is 446 g/mol. The van der Waals surface area contributed by atoms with Crippen LogP contribution >= 0.6 is 0 Å². The van der Waals surface area contributed by atoms with Crippen LogP contribution in [0.25, 0.3) is 16.8 Å². The van der Waals surface area contributed by atoms with Crippen molar-refractivity contribution in [3.63, 3.8) is 0 Å². The maximum absolute atomic E-state index is 13.6. The number of aromatic nitrogens is 2. The number of azo groups is 1. The fourth-order valence-corrected chi connectivity index (χ4v) is 3.37. The quantitative estimate of drug-likeness (QED) is 0.355. The van der Waals surface area contributed by atoms with Gasteiger partial charge in [-0.3, -0.25) is 9.89 Å². The van der Waals surface area contributed by atoms with Gasteiger partial charge >= 0.3 is 5.97 Å². The highest BCUT2D eigenvalue weighted by Crippen LogP contribution is 2.38. The van der Waals surface area contributed by atoms with Gasteiger partial charge in [0.05, 0.1) is 16.9 Å². The minimum Gasteiger partial charge on any atom is -0.505 e. The normalized spacial score (nSPS) is 11.2. The van der Waals surface area contributed by atoms with Gasteiger partial charge in [0.15, 0.2) is 11.4 Å². The van der Waals surface area contributed by atoms with Gasteiger partial charge in [-0.2, -0.15) is 0 Å². The summed E-state index contributed by atoms with van der Waals surface area (Å²) in [6.07, 6.45) is 0. The lowest BCUT2D eigenvalue weighted by Gasteiger charge is -2.07. The SMILES string of the molecule is Cc1cc(-n2[nH]c(C)c(N=Nc3cccc(-c4cccc(C(=O)O)c4)c3O)c2=O)ccc1F. The van der Waals surface area contributed by atoms with Gasteiger partial charge in [-0.1, -0.05) is 24.3 Å². The van der Waals surface area contributed by atoms with E-state index in [1.54, 1.807) is 38.1 Å². The first-order valence-corrected chi connectivity index (χ1v) is 9.92. The maximum Gasteiger partial charge on any atom is 0.335 e. The Balaban J connectivity index is 1.71. The number of phenols is 1. The molecule has 0 bridgehead atoms. The predicted octanol–water partition coefficient (Wildman–Crippen LogP) is 5.41. The summed E-state index contributed by atoms with van der Waals surface area (Å²) in [7, 11) is 0. The number of halogens is 1. The highest BCUT2D eigenvalue weighted by Gasteiger charge is 2.15. The highest BCUT2D eigenvalue weighted by molar-refractivity contribution is 5.90. The first kappa shape index (κ1) is 21.7. The molecule has 3 aromatic carbocycles. The summed E-state index contributed by atoms with van der Waals surface area (Å²) in [5.74, 6) is -1.66. The zero-order valence-electron chi connectivity index (χ0n) is 17.7. The first-order chi connectivity index (χ1) is 15.8. The van der Waals surface area contributed by atoms with Crippen LogP contribution in [-0.4, -0.2) is 26.0 Å². The van der Waals surface area contributed by atoms with Crippen LogP contribution in [0.15, 0.2) is 75.7 Å². The molecule has 3 N–H and O–H groups in total. The molecule has 0 fully saturated rings. The fourth-order valence-electron chi connectivity index (χ4n) is 3.37. The molecule has 0 saturated carbocycles. The summed E-state index contributed by atoms with van der Waals surface area (Å²) >= 11 is 0. The van der Waals surface area contributed by atoms with Crippen LogP contribution in [0.4, 0.5) is 15.8 Å². The number of aromatic carboxylic acids is 1. The number of phenolic OH excluding ortho intramolecular Hbond substituents is 1. The maximum atomic E-state index is 13.6. The fraction of sp³-hybridized carbons (Fsp3) is 0.0833. The number of aryl methyl sites for hydroxylation is 2. The molecular weight excluding hydrogens is 427 g/mol. The molecule has 0 unspecified atom stereocenters. The van der Waals surface area contributed by atoms with E-state index in [0.29, 0.717) is 28.1 Å². The second kappa shape index (κ2) is 8.54. The van der Waals surface area contributed by atoms with Crippen molar-refractivity contribution in [1.29, 1.82) is 0 Å². The number of H-pyrrole nitrogens is 1. The van der Waals surface area contributed by atoms with Crippen molar-refractivity contribution in [3.05, 3.63) is 93.7 Å². The molecule has 0 aliphatic heterocycles. The molecule has 8 nitrogen and oxygen atoms in total. The molecule has 0 aliphatic rings. The number of benzene rings is 3. The number of carboxylic acids is 1. The monoisotopic (exact) mass is 446 g/mol. The summed E-state index contributed by atoms with van der Waals surface area (Å²) < 4.78 is 14.8. The van der Waals surface area contributed by atoms with E-state index >= 15 is 0 Å². The van der Waals surface area contributed by atoms with Crippen molar-refractivity contribution in [2.45, 2.75) is 13.8 Å². The van der Waals surface area contributed by atoms with Gasteiger partial charge in [-0.15, -0.1) is 10.2 Å². The van der Waals surface area contributed by atoms with Crippen LogP contribution < -0.4 is 5.56 Å². The van der Waals surface area contributed by atoms with Gasteiger partial charge in [-0.25, -0.2) is 13.9 Å². The van der Waals surface area contributed by atoms with Crippen LogP contribution in [0.3, 0.4) is 0 Å². The molecule has 4 rings (SSSR count). The van der Waals surface area contributed by atoms with E-state index in [9.17, 15) is 24.2 Å².